The van der Waals surface area contributed by atoms with Crippen LogP contribution in [0.5, 0.6) is 0 Å². The molecular formula is C12H12O6. The van der Waals surface area contributed by atoms with E-state index >= 15 is 0 Å². The highest BCUT2D eigenvalue weighted by Gasteiger charge is 2.06. The van der Waals surface area contributed by atoms with E-state index in [0.717, 1.165) is 12.2 Å². The lowest BCUT2D eigenvalue weighted by atomic mass is 10.5. The van der Waals surface area contributed by atoms with Crippen LogP contribution in [0.15, 0.2) is 36.5 Å². The molecule has 96 valence electrons. The monoisotopic (exact) mass is 252 g/mol. The molecule has 0 saturated heterocycles. The first-order valence-electron chi connectivity index (χ1n) is 4.94. The minimum atomic E-state index is -1.03. The van der Waals surface area contributed by atoms with Gasteiger partial charge < -0.3 is 9.47 Å². The van der Waals surface area contributed by atoms with Crippen LogP contribution in [-0.2, 0) is 28.7 Å². The van der Waals surface area contributed by atoms with E-state index in [9.17, 15) is 19.2 Å². The van der Waals surface area contributed by atoms with Gasteiger partial charge in [0.15, 0.2) is 0 Å². The molecule has 0 aliphatic rings. The predicted octanol–water partition coefficient (Wildman–Crippen LogP) is 0.834. The van der Waals surface area contributed by atoms with Crippen molar-refractivity contribution in [3.05, 3.63) is 36.5 Å². The number of rotatable bonds is 4. The zero-order chi connectivity index (χ0) is 14.0. The minimum Gasteiger partial charge on any atom is -0.387 e. The van der Waals surface area contributed by atoms with Gasteiger partial charge in [0.1, 0.15) is 0 Å². The Morgan fingerprint density at radius 2 is 0.889 bits per heavy atom. The molecule has 0 rings (SSSR count). The number of hydrogen-bond donors (Lipinski definition) is 0. The predicted molar refractivity (Wildman–Crippen MR) is 61.0 cm³/mol. The lowest BCUT2D eigenvalue weighted by Gasteiger charge is -1.95. The third kappa shape index (κ3) is 7.75. The molecule has 0 aliphatic carbocycles. The summed E-state index contributed by atoms with van der Waals surface area (Å²) >= 11 is 0. The molecule has 6 nitrogen and oxygen atoms in total. The van der Waals surface area contributed by atoms with E-state index in [0.29, 0.717) is 12.2 Å². The van der Waals surface area contributed by atoms with Crippen LogP contribution in [0.2, 0.25) is 0 Å². The highest BCUT2D eigenvalue weighted by molar-refractivity contribution is 6.01. The lowest BCUT2D eigenvalue weighted by molar-refractivity contribution is -0.155. The Balaban J connectivity index is 4.22. The smallest absolute Gasteiger partial charge is 0.338 e. The second kappa shape index (κ2) is 8.63. The van der Waals surface area contributed by atoms with Gasteiger partial charge in [-0.3, -0.25) is 0 Å². The van der Waals surface area contributed by atoms with Crippen molar-refractivity contribution in [2.45, 2.75) is 13.8 Å². The maximum absolute atomic E-state index is 11.0. The average Bonchev–Trinajstić information content (AvgIpc) is 2.27. The van der Waals surface area contributed by atoms with Gasteiger partial charge in [-0.05, 0) is 13.8 Å². The molecule has 0 spiro atoms. The highest BCUT2D eigenvalue weighted by atomic mass is 16.6. The Labute approximate surface area is 104 Å². The number of esters is 4. The normalized spacial score (nSPS) is 11.0. The van der Waals surface area contributed by atoms with Crippen molar-refractivity contribution in [1.82, 2.24) is 0 Å². The molecule has 0 saturated carbocycles. The van der Waals surface area contributed by atoms with E-state index in [1.165, 1.54) is 12.2 Å². The van der Waals surface area contributed by atoms with Gasteiger partial charge in [0.25, 0.3) is 0 Å². The van der Waals surface area contributed by atoms with Gasteiger partial charge in [-0.15, -0.1) is 0 Å². The molecule has 0 fully saturated rings. The molecule has 0 aromatic heterocycles. The van der Waals surface area contributed by atoms with Gasteiger partial charge >= 0.3 is 23.9 Å². The lowest BCUT2D eigenvalue weighted by Crippen LogP contribution is -2.10. The van der Waals surface area contributed by atoms with Crippen LogP contribution in [0.3, 0.4) is 0 Å². The summed E-state index contributed by atoms with van der Waals surface area (Å²) in [4.78, 5) is 43.6. The van der Waals surface area contributed by atoms with Gasteiger partial charge in [-0.25, -0.2) is 19.2 Å². The van der Waals surface area contributed by atoms with Crippen LogP contribution in [0.25, 0.3) is 0 Å². The van der Waals surface area contributed by atoms with E-state index < -0.39 is 23.9 Å². The zero-order valence-electron chi connectivity index (χ0n) is 9.91. The van der Waals surface area contributed by atoms with E-state index in [-0.39, 0.29) is 0 Å². The van der Waals surface area contributed by atoms with Gasteiger partial charge in [-0.2, -0.15) is 0 Å². The van der Waals surface area contributed by atoms with Gasteiger partial charge in [0.2, 0.25) is 0 Å². The summed E-state index contributed by atoms with van der Waals surface area (Å²) in [6, 6.07) is 0. The SMILES string of the molecule is CC=CC(=O)OC(=O)C=CC(=O)OC(=O)C=CC. The summed E-state index contributed by atoms with van der Waals surface area (Å²) in [5.41, 5.74) is 0. The van der Waals surface area contributed by atoms with E-state index in [1.54, 1.807) is 13.8 Å². The largest absolute Gasteiger partial charge is 0.387 e. The summed E-state index contributed by atoms with van der Waals surface area (Å²) < 4.78 is 8.47. The fourth-order valence-electron chi connectivity index (χ4n) is 0.743. The number of hydrogen-bond acceptors (Lipinski definition) is 6. The number of carbonyl (C=O) groups excluding carboxylic acids is 4. The summed E-state index contributed by atoms with van der Waals surface area (Å²) in [5, 5.41) is 0. The Bertz CT molecular complexity index is 388. The maximum atomic E-state index is 11.0. The van der Waals surface area contributed by atoms with Crippen LogP contribution in [-0.4, -0.2) is 23.9 Å². The van der Waals surface area contributed by atoms with Crippen LogP contribution in [0, 0.1) is 0 Å². The van der Waals surface area contributed by atoms with Gasteiger partial charge in [0.05, 0.1) is 0 Å². The van der Waals surface area contributed by atoms with Crippen LogP contribution < -0.4 is 0 Å². The number of allylic oxidation sites excluding steroid dienone is 2. The molecule has 0 aliphatic heterocycles. The third-order valence-electron chi connectivity index (χ3n) is 1.36. The fraction of sp³-hybridized carbons (Fsp3) is 0.167. The van der Waals surface area contributed by atoms with E-state index in [2.05, 4.69) is 9.47 Å². The first-order valence-corrected chi connectivity index (χ1v) is 4.94. The van der Waals surface area contributed by atoms with Crippen molar-refractivity contribution >= 4 is 23.9 Å². The first kappa shape index (κ1) is 15.5. The summed E-state index contributed by atoms with van der Waals surface area (Å²) in [5.74, 6) is -3.78. The molecule has 0 bridgehead atoms. The maximum Gasteiger partial charge on any atom is 0.338 e. The Morgan fingerprint density at radius 1 is 0.611 bits per heavy atom. The van der Waals surface area contributed by atoms with Gasteiger partial charge in [-0.1, -0.05) is 12.2 Å². The topological polar surface area (TPSA) is 86.7 Å². The molecule has 0 aromatic rings. The van der Waals surface area contributed by atoms with E-state index in [4.69, 9.17) is 0 Å². The average molecular weight is 252 g/mol. The Kier molecular flexibility index (Phi) is 7.43. The summed E-state index contributed by atoms with van der Waals surface area (Å²) in [6.07, 6.45) is 6.24. The summed E-state index contributed by atoms with van der Waals surface area (Å²) in [7, 11) is 0. The molecule has 0 unspecified atom stereocenters. The molecule has 18 heavy (non-hydrogen) atoms. The molecule has 0 atom stereocenters. The Morgan fingerprint density at radius 3 is 1.17 bits per heavy atom. The summed E-state index contributed by atoms with van der Waals surface area (Å²) in [6.45, 7) is 3.15. The molecule has 0 N–H and O–H groups in total. The third-order valence-corrected chi connectivity index (χ3v) is 1.36. The molecule has 0 aromatic carbocycles. The number of carbonyl (C=O) groups is 4. The van der Waals surface area contributed by atoms with E-state index in [1.807, 2.05) is 0 Å². The minimum absolute atomic E-state index is 0.687. The quantitative estimate of drug-likeness (QED) is 0.418. The number of ether oxygens (including phenoxy) is 2. The molecular weight excluding hydrogens is 240 g/mol. The van der Waals surface area contributed by atoms with Crippen molar-refractivity contribution in [3.8, 4) is 0 Å². The van der Waals surface area contributed by atoms with Crippen molar-refractivity contribution < 1.29 is 28.7 Å². The van der Waals surface area contributed by atoms with Crippen LogP contribution in [0.1, 0.15) is 13.8 Å². The van der Waals surface area contributed by atoms with Gasteiger partial charge in [0, 0.05) is 24.3 Å². The molecule has 0 heterocycles. The fourth-order valence-corrected chi connectivity index (χ4v) is 0.743. The van der Waals surface area contributed by atoms with Crippen molar-refractivity contribution in [1.29, 1.82) is 0 Å². The zero-order valence-corrected chi connectivity index (χ0v) is 9.91. The van der Waals surface area contributed by atoms with Crippen molar-refractivity contribution in [2.24, 2.45) is 0 Å². The highest BCUT2D eigenvalue weighted by Crippen LogP contribution is 1.89. The van der Waals surface area contributed by atoms with Crippen molar-refractivity contribution in [3.63, 3.8) is 0 Å². The van der Waals surface area contributed by atoms with Crippen LogP contribution in [0.4, 0.5) is 0 Å². The van der Waals surface area contributed by atoms with Crippen molar-refractivity contribution in [2.75, 3.05) is 0 Å². The standard InChI is InChI=1S/C12H12O6/c1-3-5-9(13)17-11(15)7-8-12(16)18-10(14)6-4-2/h3-8H,1-2H3. The Hall–Kier alpha value is -2.50. The second-order valence-electron chi connectivity index (χ2n) is 2.81. The molecule has 6 heteroatoms. The molecule has 0 amide bonds. The molecule has 0 radical (unpaired) electrons. The van der Waals surface area contributed by atoms with Crippen LogP contribution >= 0.6 is 0 Å². The second-order valence-corrected chi connectivity index (χ2v) is 2.81. The first-order chi connectivity index (χ1) is 8.49.